The molecular formula is C13H22O5. The Hall–Kier alpha value is -1.07. The first kappa shape index (κ1) is 15.0. The minimum absolute atomic E-state index is 0.0212. The zero-order valence-electron chi connectivity index (χ0n) is 11.0. The highest BCUT2D eigenvalue weighted by atomic mass is 16.7. The molecule has 18 heavy (non-hydrogen) atoms. The van der Waals surface area contributed by atoms with E-state index in [1.807, 2.05) is 0 Å². The number of carbonyl (C=O) groups is 1. The van der Waals surface area contributed by atoms with Gasteiger partial charge in [-0.15, -0.1) is 0 Å². The van der Waals surface area contributed by atoms with E-state index in [4.69, 9.17) is 19.7 Å². The lowest BCUT2D eigenvalue weighted by atomic mass is 9.90. The Labute approximate surface area is 107 Å². The summed E-state index contributed by atoms with van der Waals surface area (Å²) in [5, 5.41) is 17.6. The normalized spacial score (nSPS) is 23.7. The summed E-state index contributed by atoms with van der Waals surface area (Å²) < 4.78 is 10.8. The zero-order chi connectivity index (χ0) is 13.5. The summed E-state index contributed by atoms with van der Waals surface area (Å²) in [5.74, 6) is -0.559. The molecule has 0 spiro atoms. The third-order valence-electron chi connectivity index (χ3n) is 3.01. The molecule has 0 aromatic heterocycles. The summed E-state index contributed by atoms with van der Waals surface area (Å²) in [4.78, 5) is 11.0. The van der Waals surface area contributed by atoms with Crippen molar-refractivity contribution in [1.29, 1.82) is 0 Å². The van der Waals surface area contributed by atoms with Gasteiger partial charge in [0.05, 0.1) is 6.61 Å². The molecule has 0 saturated carbocycles. The van der Waals surface area contributed by atoms with Crippen LogP contribution < -0.4 is 0 Å². The van der Waals surface area contributed by atoms with Crippen molar-refractivity contribution in [2.45, 2.75) is 39.4 Å². The molecule has 0 aliphatic carbocycles. The van der Waals surface area contributed by atoms with Gasteiger partial charge in [0.2, 0.25) is 12.0 Å². The summed E-state index contributed by atoms with van der Waals surface area (Å²) >= 11 is 0. The fourth-order valence-corrected chi connectivity index (χ4v) is 1.83. The maximum atomic E-state index is 11.0. The molecule has 0 unspecified atom stereocenters. The molecule has 1 rings (SSSR count). The number of aliphatic hydroxyl groups excluding tert-OH is 1. The van der Waals surface area contributed by atoms with Crippen molar-refractivity contribution in [1.82, 2.24) is 0 Å². The molecule has 0 amide bonds. The molecule has 1 aliphatic rings. The van der Waals surface area contributed by atoms with Crippen LogP contribution in [0.1, 0.15) is 33.1 Å². The van der Waals surface area contributed by atoms with Crippen molar-refractivity contribution in [2.24, 2.45) is 11.8 Å². The molecule has 0 radical (unpaired) electrons. The fourth-order valence-electron chi connectivity index (χ4n) is 1.83. The van der Waals surface area contributed by atoms with Crippen LogP contribution in [-0.2, 0) is 14.3 Å². The molecule has 5 nitrogen and oxygen atoms in total. The van der Waals surface area contributed by atoms with Gasteiger partial charge in [-0.1, -0.05) is 13.8 Å². The average molecular weight is 258 g/mol. The van der Waals surface area contributed by atoms with Gasteiger partial charge in [0.15, 0.2) is 0 Å². The number of unbranched alkanes of at least 4 members (excludes halogenated alkanes) is 1. The maximum absolute atomic E-state index is 11.0. The fraction of sp³-hybridized carbons (Fsp3) is 0.769. The van der Waals surface area contributed by atoms with Crippen LogP contribution in [0.3, 0.4) is 0 Å². The number of aliphatic hydroxyl groups is 1. The standard InChI is InChI=1S/C13H22O5/c1-9(2)10-7-11(13(15)16)18-12(8-10)17-6-4-3-5-14/h7,9-10,12,14H,3-6,8H2,1-2H3,(H,15,16)/t10-,12+/m0/s1. The second-order valence-electron chi connectivity index (χ2n) is 4.83. The lowest BCUT2D eigenvalue weighted by Gasteiger charge is -2.30. The van der Waals surface area contributed by atoms with Crippen molar-refractivity contribution in [3.63, 3.8) is 0 Å². The van der Waals surface area contributed by atoms with Crippen molar-refractivity contribution >= 4 is 5.97 Å². The van der Waals surface area contributed by atoms with Crippen LogP contribution in [0.5, 0.6) is 0 Å². The SMILES string of the molecule is CC(C)[C@H]1C=C(C(=O)O)O[C@@H](OCCCCO)C1. The number of ether oxygens (including phenoxy) is 2. The van der Waals surface area contributed by atoms with E-state index >= 15 is 0 Å². The molecule has 104 valence electrons. The first-order valence-corrected chi connectivity index (χ1v) is 6.38. The molecule has 5 heteroatoms. The molecule has 0 aromatic rings. The second kappa shape index (κ2) is 7.38. The molecule has 2 atom stereocenters. The van der Waals surface area contributed by atoms with Gasteiger partial charge < -0.3 is 19.7 Å². The Kier molecular flexibility index (Phi) is 6.15. The number of aliphatic carboxylic acids is 1. The van der Waals surface area contributed by atoms with Gasteiger partial charge in [0, 0.05) is 13.0 Å². The summed E-state index contributed by atoms with van der Waals surface area (Å²) in [6.45, 7) is 4.72. The maximum Gasteiger partial charge on any atom is 0.370 e. The largest absolute Gasteiger partial charge is 0.475 e. The van der Waals surface area contributed by atoms with Crippen LogP contribution in [0.25, 0.3) is 0 Å². The van der Waals surface area contributed by atoms with Crippen LogP contribution in [0.15, 0.2) is 11.8 Å². The van der Waals surface area contributed by atoms with Crippen LogP contribution in [0.4, 0.5) is 0 Å². The van der Waals surface area contributed by atoms with Crippen LogP contribution in [-0.4, -0.2) is 35.7 Å². The Balaban J connectivity index is 2.51. The van der Waals surface area contributed by atoms with E-state index in [2.05, 4.69) is 13.8 Å². The molecule has 1 heterocycles. The number of rotatable bonds is 7. The van der Waals surface area contributed by atoms with E-state index in [0.717, 1.165) is 6.42 Å². The van der Waals surface area contributed by atoms with Crippen molar-refractivity contribution in [3.8, 4) is 0 Å². The third kappa shape index (κ3) is 4.66. The van der Waals surface area contributed by atoms with E-state index in [1.54, 1.807) is 6.08 Å². The van der Waals surface area contributed by atoms with E-state index in [9.17, 15) is 4.79 Å². The van der Waals surface area contributed by atoms with Crippen LogP contribution >= 0.6 is 0 Å². The van der Waals surface area contributed by atoms with Gasteiger partial charge in [0.25, 0.3) is 0 Å². The number of hydrogen-bond donors (Lipinski definition) is 2. The van der Waals surface area contributed by atoms with Gasteiger partial charge >= 0.3 is 5.97 Å². The number of carboxylic acids is 1. The number of hydrogen-bond acceptors (Lipinski definition) is 4. The van der Waals surface area contributed by atoms with E-state index in [1.165, 1.54) is 0 Å². The van der Waals surface area contributed by atoms with Gasteiger partial charge in [0.1, 0.15) is 0 Å². The van der Waals surface area contributed by atoms with E-state index in [-0.39, 0.29) is 18.3 Å². The lowest BCUT2D eigenvalue weighted by Crippen LogP contribution is -2.29. The van der Waals surface area contributed by atoms with Crippen LogP contribution in [0.2, 0.25) is 0 Å². The highest BCUT2D eigenvalue weighted by molar-refractivity contribution is 5.84. The predicted molar refractivity (Wildman–Crippen MR) is 65.8 cm³/mol. The molecule has 0 fully saturated rings. The second-order valence-corrected chi connectivity index (χ2v) is 4.83. The highest BCUT2D eigenvalue weighted by Crippen LogP contribution is 2.28. The predicted octanol–water partition coefficient (Wildman–Crippen LogP) is 1.76. The van der Waals surface area contributed by atoms with E-state index in [0.29, 0.717) is 25.4 Å². The summed E-state index contributed by atoms with van der Waals surface area (Å²) in [5.41, 5.74) is 0. The minimum atomic E-state index is -1.05. The first-order valence-electron chi connectivity index (χ1n) is 6.38. The van der Waals surface area contributed by atoms with Crippen molar-refractivity contribution < 1.29 is 24.5 Å². The molecule has 0 aromatic carbocycles. The third-order valence-corrected chi connectivity index (χ3v) is 3.01. The molecule has 0 saturated heterocycles. The molecular weight excluding hydrogens is 236 g/mol. The zero-order valence-corrected chi connectivity index (χ0v) is 11.0. The Bertz CT molecular complexity index is 298. The van der Waals surface area contributed by atoms with Crippen LogP contribution in [0, 0.1) is 11.8 Å². The highest BCUT2D eigenvalue weighted by Gasteiger charge is 2.28. The molecule has 2 N–H and O–H groups in total. The number of carboxylic acid groups (broad SMARTS) is 1. The van der Waals surface area contributed by atoms with Gasteiger partial charge in [-0.25, -0.2) is 4.79 Å². The number of allylic oxidation sites excluding steroid dienone is 1. The first-order chi connectivity index (χ1) is 8.54. The monoisotopic (exact) mass is 258 g/mol. The van der Waals surface area contributed by atoms with Crippen molar-refractivity contribution in [3.05, 3.63) is 11.8 Å². The Morgan fingerprint density at radius 2 is 2.28 bits per heavy atom. The summed E-state index contributed by atoms with van der Waals surface area (Å²) in [6.07, 6.45) is 3.28. The van der Waals surface area contributed by atoms with Gasteiger partial charge in [-0.3, -0.25) is 0 Å². The summed E-state index contributed by atoms with van der Waals surface area (Å²) in [7, 11) is 0. The Morgan fingerprint density at radius 1 is 1.56 bits per heavy atom. The minimum Gasteiger partial charge on any atom is -0.475 e. The van der Waals surface area contributed by atoms with Gasteiger partial charge in [-0.2, -0.15) is 0 Å². The Morgan fingerprint density at radius 3 is 2.83 bits per heavy atom. The smallest absolute Gasteiger partial charge is 0.370 e. The summed E-state index contributed by atoms with van der Waals surface area (Å²) in [6, 6.07) is 0. The molecule has 1 aliphatic heterocycles. The van der Waals surface area contributed by atoms with Gasteiger partial charge in [-0.05, 0) is 30.8 Å². The lowest BCUT2D eigenvalue weighted by molar-refractivity contribution is -0.160. The van der Waals surface area contributed by atoms with E-state index < -0.39 is 12.3 Å². The average Bonchev–Trinajstić information content (AvgIpc) is 2.34. The van der Waals surface area contributed by atoms with Crippen molar-refractivity contribution in [2.75, 3.05) is 13.2 Å². The quantitative estimate of drug-likeness (QED) is 0.680. The topological polar surface area (TPSA) is 76.0 Å². The molecule has 0 bridgehead atoms.